The molecule has 0 saturated carbocycles. The molecule has 0 aliphatic rings. The van der Waals surface area contributed by atoms with Crippen LogP contribution >= 0.6 is 0 Å². The van der Waals surface area contributed by atoms with Crippen molar-refractivity contribution in [1.29, 1.82) is 0 Å². The molecule has 0 bridgehead atoms. The van der Waals surface area contributed by atoms with Crippen LogP contribution in [-0.4, -0.2) is 50.5 Å². The number of amides is 2. The Morgan fingerprint density at radius 2 is 2.00 bits per heavy atom. The molecule has 0 heterocycles. The smallest absolute Gasteiger partial charge is 0.268 e. The van der Waals surface area contributed by atoms with Crippen molar-refractivity contribution >= 4 is 11.8 Å². The number of benzene rings is 1. The second-order valence-electron chi connectivity index (χ2n) is 4.54. The van der Waals surface area contributed by atoms with Crippen molar-refractivity contribution in [3.8, 4) is 5.75 Å². The summed E-state index contributed by atoms with van der Waals surface area (Å²) in [5, 5.41) is 2.58. The molecule has 116 valence electrons. The number of nitrogens with one attached hydrogen (secondary N) is 2. The Labute approximate surface area is 124 Å². The third-order valence-electron chi connectivity index (χ3n) is 2.99. The van der Waals surface area contributed by atoms with Crippen LogP contribution in [0.15, 0.2) is 24.3 Å². The largest absolute Gasteiger partial charge is 0.491 e. The van der Waals surface area contributed by atoms with Gasteiger partial charge in [0, 0.05) is 26.6 Å². The normalized spacial score (nSPS) is 10.3. The standard InChI is InChI=1S/C14H22N4O3/c1-16-13(19)7-8-18(2)9-10-21-12-6-4-3-5-11(12)14(20)17-15/h3-6H,7-10,15H2,1-2H3,(H,16,19)(H,17,20). The minimum atomic E-state index is -0.390. The van der Waals surface area contributed by atoms with Gasteiger partial charge in [-0.1, -0.05) is 12.1 Å². The first-order chi connectivity index (χ1) is 10.1. The molecule has 0 radical (unpaired) electrons. The lowest BCUT2D eigenvalue weighted by Crippen LogP contribution is -2.31. The van der Waals surface area contributed by atoms with Crippen LogP contribution in [0, 0.1) is 0 Å². The molecule has 0 aliphatic carbocycles. The number of carbonyl (C=O) groups is 2. The zero-order chi connectivity index (χ0) is 15.7. The fraction of sp³-hybridized carbons (Fsp3) is 0.429. The molecule has 0 aromatic heterocycles. The third-order valence-corrected chi connectivity index (χ3v) is 2.99. The van der Waals surface area contributed by atoms with Gasteiger partial charge in [0.05, 0.1) is 5.56 Å². The molecular weight excluding hydrogens is 272 g/mol. The van der Waals surface area contributed by atoms with E-state index >= 15 is 0 Å². The number of hydrazine groups is 1. The monoisotopic (exact) mass is 294 g/mol. The predicted octanol–water partition coefficient (Wildman–Crippen LogP) is -0.263. The zero-order valence-electron chi connectivity index (χ0n) is 12.4. The van der Waals surface area contributed by atoms with E-state index in [1.165, 1.54) is 0 Å². The number of para-hydroxylation sites is 1. The van der Waals surface area contributed by atoms with Crippen molar-refractivity contribution in [2.24, 2.45) is 5.84 Å². The highest BCUT2D eigenvalue weighted by Crippen LogP contribution is 2.17. The van der Waals surface area contributed by atoms with Crippen LogP contribution in [0.5, 0.6) is 5.75 Å². The molecule has 0 unspecified atom stereocenters. The SMILES string of the molecule is CNC(=O)CCN(C)CCOc1ccccc1C(=O)NN. The Morgan fingerprint density at radius 1 is 1.29 bits per heavy atom. The van der Waals surface area contributed by atoms with Gasteiger partial charge in [-0.15, -0.1) is 0 Å². The van der Waals surface area contributed by atoms with Crippen LogP contribution in [0.4, 0.5) is 0 Å². The van der Waals surface area contributed by atoms with E-state index in [1.807, 2.05) is 11.9 Å². The third kappa shape index (κ3) is 5.80. The van der Waals surface area contributed by atoms with Gasteiger partial charge in [0.1, 0.15) is 12.4 Å². The molecule has 1 aromatic carbocycles. The highest BCUT2D eigenvalue weighted by molar-refractivity contribution is 5.96. The predicted molar refractivity (Wildman–Crippen MR) is 79.8 cm³/mol. The molecule has 21 heavy (non-hydrogen) atoms. The first kappa shape index (κ1) is 16.9. The average Bonchev–Trinajstić information content (AvgIpc) is 2.52. The van der Waals surface area contributed by atoms with Gasteiger partial charge in [0.2, 0.25) is 5.91 Å². The van der Waals surface area contributed by atoms with E-state index in [2.05, 4.69) is 10.7 Å². The van der Waals surface area contributed by atoms with Crippen molar-refractivity contribution < 1.29 is 14.3 Å². The van der Waals surface area contributed by atoms with E-state index in [4.69, 9.17) is 10.6 Å². The molecule has 4 N–H and O–H groups in total. The van der Waals surface area contributed by atoms with E-state index in [0.717, 1.165) is 0 Å². The molecular formula is C14H22N4O3. The van der Waals surface area contributed by atoms with Gasteiger partial charge >= 0.3 is 0 Å². The number of nitrogens with zero attached hydrogens (tertiary/aromatic N) is 1. The molecule has 7 heteroatoms. The first-order valence-corrected chi connectivity index (χ1v) is 6.70. The maximum absolute atomic E-state index is 11.6. The molecule has 0 aliphatic heterocycles. The van der Waals surface area contributed by atoms with Crippen molar-refractivity contribution in [3.05, 3.63) is 29.8 Å². The Kier molecular flexibility index (Phi) is 7.20. The lowest BCUT2D eigenvalue weighted by Gasteiger charge is -2.17. The van der Waals surface area contributed by atoms with Gasteiger partial charge < -0.3 is 15.0 Å². The number of rotatable bonds is 8. The number of carbonyl (C=O) groups excluding carboxylic acids is 2. The molecule has 0 fully saturated rings. The lowest BCUT2D eigenvalue weighted by molar-refractivity contribution is -0.120. The van der Waals surface area contributed by atoms with Crippen molar-refractivity contribution in [3.63, 3.8) is 0 Å². The summed E-state index contributed by atoms with van der Waals surface area (Å²) >= 11 is 0. The van der Waals surface area contributed by atoms with Crippen LogP contribution in [0.3, 0.4) is 0 Å². The number of hydrogen-bond donors (Lipinski definition) is 3. The topological polar surface area (TPSA) is 96.7 Å². The maximum atomic E-state index is 11.6. The summed E-state index contributed by atoms with van der Waals surface area (Å²) < 4.78 is 5.61. The van der Waals surface area contributed by atoms with Crippen LogP contribution in [0.25, 0.3) is 0 Å². The Hall–Kier alpha value is -2.12. The van der Waals surface area contributed by atoms with Crippen molar-refractivity contribution in [1.82, 2.24) is 15.6 Å². The van der Waals surface area contributed by atoms with Crippen LogP contribution < -0.4 is 21.3 Å². The highest BCUT2D eigenvalue weighted by atomic mass is 16.5. The lowest BCUT2D eigenvalue weighted by atomic mass is 10.2. The summed E-state index contributed by atoms with van der Waals surface area (Å²) in [5.74, 6) is 5.23. The fourth-order valence-electron chi connectivity index (χ4n) is 1.70. The molecule has 1 rings (SSSR count). The zero-order valence-corrected chi connectivity index (χ0v) is 12.4. The fourth-order valence-corrected chi connectivity index (χ4v) is 1.70. The van der Waals surface area contributed by atoms with Crippen LogP contribution in [0.1, 0.15) is 16.8 Å². The average molecular weight is 294 g/mol. The molecule has 7 nitrogen and oxygen atoms in total. The molecule has 0 spiro atoms. The molecule has 0 atom stereocenters. The van der Waals surface area contributed by atoms with Gasteiger partial charge in [0.15, 0.2) is 0 Å². The number of nitrogens with two attached hydrogens (primary N) is 1. The van der Waals surface area contributed by atoms with Crippen molar-refractivity contribution in [2.45, 2.75) is 6.42 Å². The molecule has 1 aromatic rings. The summed E-state index contributed by atoms with van der Waals surface area (Å²) in [7, 11) is 3.52. The van der Waals surface area contributed by atoms with Gasteiger partial charge in [-0.05, 0) is 19.2 Å². The minimum absolute atomic E-state index is 0.00716. The van der Waals surface area contributed by atoms with E-state index in [-0.39, 0.29) is 5.91 Å². The van der Waals surface area contributed by atoms with E-state index in [9.17, 15) is 9.59 Å². The van der Waals surface area contributed by atoms with Gasteiger partial charge in [-0.25, -0.2) is 5.84 Å². The second kappa shape index (κ2) is 8.93. The van der Waals surface area contributed by atoms with Crippen LogP contribution in [-0.2, 0) is 4.79 Å². The Bertz CT molecular complexity index is 479. The van der Waals surface area contributed by atoms with Crippen molar-refractivity contribution in [2.75, 3.05) is 33.8 Å². The second-order valence-corrected chi connectivity index (χ2v) is 4.54. The molecule has 2 amide bonds. The summed E-state index contributed by atoms with van der Waals surface area (Å²) in [6.07, 6.45) is 0.444. The number of ether oxygens (including phenoxy) is 1. The number of likely N-dealkylation sites (N-methyl/N-ethyl adjacent to an activating group) is 1. The van der Waals surface area contributed by atoms with Gasteiger partial charge in [-0.2, -0.15) is 0 Å². The maximum Gasteiger partial charge on any atom is 0.268 e. The quantitative estimate of drug-likeness (QED) is 0.349. The minimum Gasteiger partial charge on any atom is -0.491 e. The van der Waals surface area contributed by atoms with Gasteiger partial charge in [0.25, 0.3) is 5.91 Å². The Morgan fingerprint density at radius 3 is 2.67 bits per heavy atom. The number of hydrogen-bond acceptors (Lipinski definition) is 5. The highest BCUT2D eigenvalue weighted by Gasteiger charge is 2.10. The summed E-state index contributed by atoms with van der Waals surface area (Å²) in [4.78, 5) is 24.7. The Balaban J connectivity index is 2.42. The summed E-state index contributed by atoms with van der Waals surface area (Å²) in [6.45, 7) is 1.71. The molecule has 0 saturated heterocycles. The van der Waals surface area contributed by atoms with E-state index in [1.54, 1.807) is 31.3 Å². The van der Waals surface area contributed by atoms with E-state index in [0.29, 0.717) is 37.4 Å². The summed E-state index contributed by atoms with van der Waals surface area (Å²) in [6, 6.07) is 6.90. The summed E-state index contributed by atoms with van der Waals surface area (Å²) in [5.41, 5.74) is 2.48. The first-order valence-electron chi connectivity index (χ1n) is 6.70. The van der Waals surface area contributed by atoms with Crippen LogP contribution in [0.2, 0.25) is 0 Å². The number of nitrogen functional groups attached to an aromatic ring is 1. The van der Waals surface area contributed by atoms with E-state index < -0.39 is 5.91 Å². The van der Waals surface area contributed by atoms with Gasteiger partial charge in [-0.3, -0.25) is 15.0 Å².